The summed E-state index contributed by atoms with van der Waals surface area (Å²) < 4.78 is 0. The molecule has 0 aliphatic carbocycles. The first-order valence-corrected chi connectivity index (χ1v) is 7.58. The molecule has 0 fully saturated rings. The van der Waals surface area contributed by atoms with Crippen molar-refractivity contribution >= 4 is 11.7 Å². The van der Waals surface area contributed by atoms with Crippen LogP contribution in [0.1, 0.15) is 55.6 Å². The van der Waals surface area contributed by atoms with Crippen LogP contribution < -0.4 is 5.32 Å². The fourth-order valence-electron chi connectivity index (χ4n) is 2.12. The lowest BCUT2D eigenvalue weighted by Crippen LogP contribution is -2.33. The Kier molecular flexibility index (Phi) is 7.05. The first-order chi connectivity index (χ1) is 9.62. The number of aryl methyl sites for hydroxylation is 1. The minimum absolute atomic E-state index is 0.119. The summed E-state index contributed by atoms with van der Waals surface area (Å²) in [5.41, 5.74) is 1.60. The number of nitrogens with one attached hydrogen (secondary N) is 1. The molecule has 0 spiro atoms. The molecule has 20 heavy (non-hydrogen) atoms. The highest BCUT2D eigenvalue weighted by Crippen LogP contribution is 2.13. The molecule has 1 N–H and O–H groups in total. The number of carbonyl (C=O) groups excluding carboxylic acids is 1. The summed E-state index contributed by atoms with van der Waals surface area (Å²) in [7, 11) is 1.82. The summed E-state index contributed by atoms with van der Waals surface area (Å²) in [6.45, 7) is 7.90. The number of aromatic nitrogens is 1. The molecule has 4 heteroatoms. The Balaban J connectivity index is 2.89. The fraction of sp³-hybridized carbons (Fsp3) is 0.625. The summed E-state index contributed by atoms with van der Waals surface area (Å²) in [5.74, 6) is 0.869. The predicted molar refractivity (Wildman–Crippen MR) is 84.2 cm³/mol. The van der Waals surface area contributed by atoms with Gasteiger partial charge in [-0.2, -0.15) is 0 Å². The molecule has 4 nitrogen and oxygen atoms in total. The summed E-state index contributed by atoms with van der Waals surface area (Å²) >= 11 is 0. The van der Waals surface area contributed by atoms with Gasteiger partial charge < -0.3 is 10.2 Å². The van der Waals surface area contributed by atoms with Gasteiger partial charge in [0.05, 0.1) is 0 Å². The molecule has 0 saturated heterocycles. The maximum atomic E-state index is 12.6. The number of hydrogen-bond acceptors (Lipinski definition) is 3. The van der Waals surface area contributed by atoms with Crippen LogP contribution in [-0.4, -0.2) is 35.9 Å². The van der Waals surface area contributed by atoms with Gasteiger partial charge in [-0.3, -0.25) is 4.79 Å². The average Bonchev–Trinajstić information content (AvgIpc) is 2.46. The Bertz CT molecular complexity index is 424. The molecule has 0 aromatic carbocycles. The number of carbonyl (C=O) groups is 1. The first kappa shape index (κ1) is 16.5. The van der Waals surface area contributed by atoms with E-state index in [2.05, 4.69) is 24.1 Å². The van der Waals surface area contributed by atoms with E-state index < -0.39 is 0 Å². The Labute approximate surface area is 122 Å². The van der Waals surface area contributed by atoms with E-state index in [1.54, 1.807) is 0 Å². The van der Waals surface area contributed by atoms with E-state index in [-0.39, 0.29) is 5.91 Å². The van der Waals surface area contributed by atoms with Crippen LogP contribution in [0, 0.1) is 6.92 Å². The van der Waals surface area contributed by atoms with E-state index >= 15 is 0 Å². The minimum Gasteiger partial charge on any atom is -0.373 e. The zero-order valence-electron chi connectivity index (χ0n) is 13.2. The largest absolute Gasteiger partial charge is 0.373 e. The van der Waals surface area contributed by atoms with Gasteiger partial charge in [0.2, 0.25) is 0 Å². The third-order valence-corrected chi connectivity index (χ3v) is 3.31. The number of nitrogens with zero attached hydrogens (tertiary/aromatic N) is 2. The molecule has 0 unspecified atom stereocenters. The van der Waals surface area contributed by atoms with Crippen LogP contribution in [0.25, 0.3) is 0 Å². The molecule has 1 heterocycles. The zero-order chi connectivity index (χ0) is 15.0. The molecular formula is C16H27N3O. The van der Waals surface area contributed by atoms with Crippen LogP contribution in [-0.2, 0) is 0 Å². The van der Waals surface area contributed by atoms with Crippen LogP contribution in [0.3, 0.4) is 0 Å². The van der Waals surface area contributed by atoms with Crippen molar-refractivity contribution < 1.29 is 4.79 Å². The fourth-order valence-corrected chi connectivity index (χ4v) is 2.12. The standard InChI is InChI=1S/C16H27N3O/c1-5-7-9-19(10-8-6-2)16(20)14-11-13(3)18-15(12-14)17-4/h11-12H,5-10H2,1-4H3,(H,17,18). The van der Waals surface area contributed by atoms with E-state index in [1.807, 2.05) is 31.0 Å². The highest BCUT2D eigenvalue weighted by Gasteiger charge is 2.16. The third-order valence-electron chi connectivity index (χ3n) is 3.31. The SMILES string of the molecule is CCCCN(CCCC)C(=O)c1cc(C)nc(NC)c1. The molecule has 0 saturated carbocycles. The number of anilines is 1. The molecule has 1 amide bonds. The lowest BCUT2D eigenvalue weighted by Gasteiger charge is -2.23. The Morgan fingerprint density at radius 3 is 2.30 bits per heavy atom. The summed E-state index contributed by atoms with van der Waals surface area (Å²) in [6.07, 6.45) is 4.32. The third kappa shape index (κ3) is 4.83. The summed E-state index contributed by atoms with van der Waals surface area (Å²) in [6, 6.07) is 3.70. The van der Waals surface area contributed by atoms with E-state index in [0.29, 0.717) is 0 Å². The van der Waals surface area contributed by atoms with Crippen molar-refractivity contribution in [2.75, 3.05) is 25.5 Å². The molecule has 0 atom stereocenters. The predicted octanol–water partition coefficient (Wildman–Crippen LogP) is 3.47. The van der Waals surface area contributed by atoms with Crippen molar-refractivity contribution in [3.63, 3.8) is 0 Å². The molecule has 112 valence electrons. The normalized spacial score (nSPS) is 10.4. The van der Waals surface area contributed by atoms with Crippen LogP contribution in [0.2, 0.25) is 0 Å². The smallest absolute Gasteiger partial charge is 0.254 e. The van der Waals surface area contributed by atoms with E-state index in [4.69, 9.17) is 0 Å². The topological polar surface area (TPSA) is 45.2 Å². The number of unbranched alkanes of at least 4 members (excludes halogenated alkanes) is 2. The second-order valence-corrected chi connectivity index (χ2v) is 5.13. The molecule has 1 aromatic heterocycles. The Morgan fingerprint density at radius 1 is 1.20 bits per heavy atom. The van der Waals surface area contributed by atoms with Gasteiger partial charge in [-0.05, 0) is 31.9 Å². The monoisotopic (exact) mass is 277 g/mol. The molecule has 0 radical (unpaired) electrons. The molecule has 0 bridgehead atoms. The molecule has 1 aromatic rings. The minimum atomic E-state index is 0.119. The van der Waals surface area contributed by atoms with Crippen molar-refractivity contribution in [1.29, 1.82) is 0 Å². The van der Waals surface area contributed by atoms with Crippen LogP contribution >= 0.6 is 0 Å². The van der Waals surface area contributed by atoms with Crippen molar-refractivity contribution in [1.82, 2.24) is 9.88 Å². The Morgan fingerprint density at radius 2 is 1.80 bits per heavy atom. The molecular weight excluding hydrogens is 250 g/mol. The lowest BCUT2D eigenvalue weighted by atomic mass is 10.1. The highest BCUT2D eigenvalue weighted by atomic mass is 16.2. The maximum Gasteiger partial charge on any atom is 0.254 e. The second-order valence-electron chi connectivity index (χ2n) is 5.13. The number of hydrogen-bond donors (Lipinski definition) is 1. The van der Waals surface area contributed by atoms with Gasteiger partial charge in [0.1, 0.15) is 5.82 Å². The summed E-state index contributed by atoms with van der Waals surface area (Å²) in [5, 5.41) is 3.01. The molecule has 0 aliphatic heterocycles. The van der Waals surface area contributed by atoms with Crippen molar-refractivity contribution in [3.05, 3.63) is 23.4 Å². The van der Waals surface area contributed by atoms with E-state index in [0.717, 1.165) is 55.8 Å². The number of pyridine rings is 1. The van der Waals surface area contributed by atoms with Gasteiger partial charge in [0.25, 0.3) is 5.91 Å². The van der Waals surface area contributed by atoms with Gasteiger partial charge in [0, 0.05) is 31.4 Å². The van der Waals surface area contributed by atoms with Gasteiger partial charge in [0.15, 0.2) is 0 Å². The van der Waals surface area contributed by atoms with Crippen LogP contribution in [0.5, 0.6) is 0 Å². The van der Waals surface area contributed by atoms with Gasteiger partial charge >= 0.3 is 0 Å². The van der Waals surface area contributed by atoms with Crippen molar-refractivity contribution in [2.45, 2.75) is 46.5 Å². The van der Waals surface area contributed by atoms with E-state index in [1.165, 1.54) is 0 Å². The zero-order valence-corrected chi connectivity index (χ0v) is 13.2. The number of rotatable bonds is 8. The van der Waals surface area contributed by atoms with Crippen molar-refractivity contribution in [3.8, 4) is 0 Å². The molecule has 0 aliphatic rings. The highest BCUT2D eigenvalue weighted by molar-refractivity contribution is 5.95. The first-order valence-electron chi connectivity index (χ1n) is 7.58. The van der Waals surface area contributed by atoms with Gasteiger partial charge in [-0.15, -0.1) is 0 Å². The lowest BCUT2D eigenvalue weighted by molar-refractivity contribution is 0.0751. The second kappa shape index (κ2) is 8.56. The van der Waals surface area contributed by atoms with Gasteiger partial charge in [-0.1, -0.05) is 26.7 Å². The van der Waals surface area contributed by atoms with Crippen LogP contribution in [0.15, 0.2) is 12.1 Å². The molecule has 1 rings (SSSR count). The van der Waals surface area contributed by atoms with Crippen molar-refractivity contribution in [2.24, 2.45) is 0 Å². The van der Waals surface area contributed by atoms with Crippen LogP contribution in [0.4, 0.5) is 5.82 Å². The van der Waals surface area contributed by atoms with E-state index in [9.17, 15) is 4.79 Å². The quantitative estimate of drug-likeness (QED) is 0.791. The van der Waals surface area contributed by atoms with Gasteiger partial charge in [-0.25, -0.2) is 4.98 Å². The average molecular weight is 277 g/mol. The Hall–Kier alpha value is -1.58. The summed E-state index contributed by atoms with van der Waals surface area (Å²) in [4.78, 5) is 19.0. The maximum absolute atomic E-state index is 12.6. The number of amides is 1.